The highest BCUT2D eigenvalue weighted by Gasteiger charge is 2.01. The van der Waals surface area contributed by atoms with E-state index in [-0.39, 0.29) is 0 Å². The van der Waals surface area contributed by atoms with Crippen molar-refractivity contribution in [2.75, 3.05) is 0 Å². The van der Waals surface area contributed by atoms with Gasteiger partial charge in [0.25, 0.3) is 0 Å². The van der Waals surface area contributed by atoms with Crippen molar-refractivity contribution in [3.05, 3.63) is 58.1 Å². The van der Waals surface area contributed by atoms with Gasteiger partial charge >= 0.3 is 0 Å². The number of rotatable bonds is 3. The molecule has 2 rings (SSSR count). The molecule has 0 unspecified atom stereocenters. The highest BCUT2D eigenvalue weighted by molar-refractivity contribution is 6.34. The molecule has 88 valence electrons. The van der Waals surface area contributed by atoms with Crippen molar-refractivity contribution in [3.63, 3.8) is 0 Å². The lowest BCUT2D eigenvalue weighted by Crippen LogP contribution is -1.86. The Morgan fingerprint density at radius 2 is 1.65 bits per heavy atom. The van der Waals surface area contributed by atoms with Crippen molar-refractivity contribution in [3.8, 4) is 11.5 Å². The predicted octanol–water partition coefficient (Wildman–Crippen LogP) is 5.35. The molecular formula is C14H12Cl2O. The third-order valence-electron chi connectivity index (χ3n) is 2.38. The fourth-order valence-electron chi connectivity index (χ4n) is 1.55. The minimum atomic E-state index is 0.569. The second-order valence-corrected chi connectivity index (χ2v) is 4.58. The Kier molecular flexibility index (Phi) is 3.93. The van der Waals surface area contributed by atoms with Gasteiger partial charge in [0.1, 0.15) is 11.5 Å². The minimum Gasteiger partial charge on any atom is -0.457 e. The van der Waals surface area contributed by atoms with E-state index >= 15 is 0 Å². The van der Waals surface area contributed by atoms with Gasteiger partial charge in [-0.2, -0.15) is 0 Å². The molecule has 0 spiro atoms. The summed E-state index contributed by atoms with van der Waals surface area (Å²) in [6, 6.07) is 13.1. The monoisotopic (exact) mass is 266 g/mol. The van der Waals surface area contributed by atoms with Gasteiger partial charge in [0, 0.05) is 10.0 Å². The van der Waals surface area contributed by atoms with Crippen LogP contribution in [0.5, 0.6) is 11.5 Å². The largest absolute Gasteiger partial charge is 0.457 e. The average molecular weight is 267 g/mol. The molecule has 0 bridgehead atoms. The van der Waals surface area contributed by atoms with Gasteiger partial charge in [-0.25, -0.2) is 0 Å². The van der Waals surface area contributed by atoms with Crippen molar-refractivity contribution < 1.29 is 4.74 Å². The minimum absolute atomic E-state index is 0.569. The van der Waals surface area contributed by atoms with Crippen molar-refractivity contribution in [2.24, 2.45) is 0 Å². The van der Waals surface area contributed by atoms with Crippen LogP contribution in [0.15, 0.2) is 42.5 Å². The Morgan fingerprint density at radius 1 is 0.941 bits per heavy atom. The van der Waals surface area contributed by atoms with Gasteiger partial charge in [0.15, 0.2) is 0 Å². The van der Waals surface area contributed by atoms with Crippen LogP contribution in [-0.2, 0) is 6.42 Å². The summed E-state index contributed by atoms with van der Waals surface area (Å²) in [6.45, 7) is 2.11. The number of aryl methyl sites for hydroxylation is 1. The van der Waals surface area contributed by atoms with E-state index in [1.54, 1.807) is 18.2 Å². The van der Waals surface area contributed by atoms with E-state index in [0.29, 0.717) is 15.8 Å². The van der Waals surface area contributed by atoms with Crippen LogP contribution in [0.1, 0.15) is 12.5 Å². The van der Waals surface area contributed by atoms with E-state index < -0.39 is 0 Å². The molecule has 3 heteroatoms. The quantitative estimate of drug-likeness (QED) is 0.728. The molecule has 0 aliphatic rings. The maximum atomic E-state index is 5.91. The molecular weight excluding hydrogens is 255 g/mol. The van der Waals surface area contributed by atoms with Crippen LogP contribution in [0.2, 0.25) is 10.0 Å². The highest BCUT2D eigenvalue weighted by atomic mass is 35.5. The molecule has 0 aromatic heterocycles. The van der Waals surface area contributed by atoms with Gasteiger partial charge in [-0.1, -0.05) is 42.3 Å². The first-order valence-corrected chi connectivity index (χ1v) is 6.16. The van der Waals surface area contributed by atoms with Crippen molar-refractivity contribution in [2.45, 2.75) is 13.3 Å². The van der Waals surface area contributed by atoms with E-state index in [1.165, 1.54) is 5.56 Å². The van der Waals surface area contributed by atoms with Crippen LogP contribution in [0, 0.1) is 0 Å². The Bertz CT molecular complexity index is 503. The van der Waals surface area contributed by atoms with Crippen molar-refractivity contribution in [1.29, 1.82) is 0 Å². The van der Waals surface area contributed by atoms with Crippen LogP contribution in [0.4, 0.5) is 0 Å². The maximum absolute atomic E-state index is 5.91. The van der Waals surface area contributed by atoms with E-state index in [4.69, 9.17) is 27.9 Å². The number of benzene rings is 2. The molecule has 17 heavy (non-hydrogen) atoms. The lowest BCUT2D eigenvalue weighted by Gasteiger charge is -2.07. The summed E-state index contributed by atoms with van der Waals surface area (Å²) in [5, 5.41) is 1.14. The Balaban J connectivity index is 2.24. The molecule has 0 radical (unpaired) electrons. The first-order valence-electron chi connectivity index (χ1n) is 5.40. The van der Waals surface area contributed by atoms with Gasteiger partial charge in [-0.15, -0.1) is 0 Å². The summed E-state index contributed by atoms with van der Waals surface area (Å²) in [5.74, 6) is 1.44. The molecule has 0 amide bonds. The number of halogens is 2. The van der Waals surface area contributed by atoms with Gasteiger partial charge in [-0.05, 0) is 42.3 Å². The molecule has 0 atom stereocenters. The van der Waals surface area contributed by atoms with Gasteiger partial charge in [0.2, 0.25) is 0 Å². The number of hydrogen-bond acceptors (Lipinski definition) is 1. The molecule has 0 aliphatic carbocycles. The average Bonchev–Trinajstić information content (AvgIpc) is 2.28. The molecule has 0 aliphatic heterocycles. The van der Waals surface area contributed by atoms with Crippen LogP contribution in [0.25, 0.3) is 0 Å². The van der Waals surface area contributed by atoms with Crippen LogP contribution >= 0.6 is 23.2 Å². The second-order valence-electron chi connectivity index (χ2n) is 3.71. The van der Waals surface area contributed by atoms with E-state index in [1.807, 2.05) is 18.2 Å². The predicted molar refractivity (Wildman–Crippen MR) is 72.4 cm³/mol. The third-order valence-corrected chi connectivity index (χ3v) is 2.81. The zero-order valence-corrected chi connectivity index (χ0v) is 10.9. The molecule has 0 heterocycles. The zero-order valence-electron chi connectivity index (χ0n) is 9.41. The third kappa shape index (κ3) is 3.39. The fourth-order valence-corrected chi connectivity index (χ4v) is 2.06. The fraction of sp³-hybridized carbons (Fsp3) is 0.143. The molecule has 2 aromatic carbocycles. The summed E-state index contributed by atoms with van der Waals surface area (Å²) < 4.78 is 5.71. The molecule has 0 saturated carbocycles. The van der Waals surface area contributed by atoms with Crippen molar-refractivity contribution in [1.82, 2.24) is 0 Å². The first kappa shape index (κ1) is 12.3. The summed E-state index contributed by atoms with van der Waals surface area (Å²) in [4.78, 5) is 0. The van der Waals surface area contributed by atoms with E-state index in [0.717, 1.165) is 12.2 Å². The zero-order chi connectivity index (χ0) is 12.3. The summed E-state index contributed by atoms with van der Waals surface area (Å²) in [7, 11) is 0. The van der Waals surface area contributed by atoms with Crippen LogP contribution in [0.3, 0.4) is 0 Å². The molecule has 0 saturated heterocycles. The second kappa shape index (κ2) is 5.44. The lowest BCUT2D eigenvalue weighted by molar-refractivity contribution is 0.482. The first-order chi connectivity index (χ1) is 8.17. The standard InChI is InChI=1S/C14H12Cl2O/c1-2-10-4-3-5-13(6-10)17-14-8-11(15)7-12(16)9-14/h3-9H,2H2,1H3. The Hall–Kier alpha value is -1.18. The van der Waals surface area contributed by atoms with Crippen LogP contribution in [-0.4, -0.2) is 0 Å². The molecule has 2 aromatic rings. The van der Waals surface area contributed by atoms with Crippen LogP contribution < -0.4 is 4.74 Å². The Labute approximate surface area is 111 Å². The highest BCUT2D eigenvalue weighted by Crippen LogP contribution is 2.28. The van der Waals surface area contributed by atoms with Gasteiger partial charge < -0.3 is 4.74 Å². The summed E-state index contributed by atoms with van der Waals surface area (Å²) in [6.07, 6.45) is 0.980. The van der Waals surface area contributed by atoms with E-state index in [9.17, 15) is 0 Å². The smallest absolute Gasteiger partial charge is 0.130 e. The molecule has 0 N–H and O–H groups in total. The normalized spacial score (nSPS) is 10.3. The number of hydrogen-bond donors (Lipinski definition) is 0. The lowest BCUT2D eigenvalue weighted by atomic mass is 10.2. The SMILES string of the molecule is CCc1cccc(Oc2cc(Cl)cc(Cl)c2)c1. The molecule has 1 nitrogen and oxygen atoms in total. The maximum Gasteiger partial charge on any atom is 0.130 e. The Morgan fingerprint density at radius 3 is 2.29 bits per heavy atom. The van der Waals surface area contributed by atoms with E-state index in [2.05, 4.69) is 13.0 Å². The summed E-state index contributed by atoms with van der Waals surface area (Å²) >= 11 is 11.8. The molecule has 0 fully saturated rings. The van der Waals surface area contributed by atoms with Crippen molar-refractivity contribution >= 4 is 23.2 Å². The number of ether oxygens (including phenoxy) is 1. The topological polar surface area (TPSA) is 9.23 Å². The van der Waals surface area contributed by atoms with Gasteiger partial charge in [0.05, 0.1) is 0 Å². The summed E-state index contributed by atoms with van der Waals surface area (Å²) in [5.41, 5.74) is 1.23. The van der Waals surface area contributed by atoms with Gasteiger partial charge in [-0.3, -0.25) is 0 Å².